The first-order valence-corrected chi connectivity index (χ1v) is 6.87. The lowest BCUT2D eigenvalue weighted by Crippen LogP contribution is -1.95. The molecule has 0 aliphatic carbocycles. The topological polar surface area (TPSA) is 37.3 Å². The second-order valence-electron chi connectivity index (χ2n) is 5.04. The number of hydrogen-bond donors (Lipinski definition) is 1. The lowest BCUT2D eigenvalue weighted by molar-refractivity contribution is -0.137. The highest BCUT2D eigenvalue weighted by atomic mass is 16.4. The minimum absolute atomic E-state index is 0.286. The van der Waals surface area contributed by atoms with Gasteiger partial charge in [0.2, 0.25) is 0 Å². The van der Waals surface area contributed by atoms with Crippen molar-refractivity contribution in [3.63, 3.8) is 0 Å². The Bertz CT molecular complexity index is 567. The smallest absolute Gasteiger partial charge is 0.303 e. The van der Waals surface area contributed by atoms with Crippen LogP contribution in [0.4, 0.5) is 0 Å². The van der Waals surface area contributed by atoms with Gasteiger partial charge in [-0.3, -0.25) is 4.79 Å². The first-order chi connectivity index (χ1) is 9.18. The van der Waals surface area contributed by atoms with Gasteiger partial charge in [0.15, 0.2) is 0 Å². The van der Waals surface area contributed by atoms with Gasteiger partial charge in [-0.15, -0.1) is 0 Å². The molecule has 2 heteroatoms. The molecule has 0 aliphatic heterocycles. The van der Waals surface area contributed by atoms with Gasteiger partial charge in [0, 0.05) is 6.42 Å². The lowest BCUT2D eigenvalue weighted by atomic mass is 9.96. The van der Waals surface area contributed by atoms with Crippen LogP contribution in [-0.2, 0) is 11.2 Å². The van der Waals surface area contributed by atoms with E-state index in [2.05, 4.69) is 43.3 Å². The zero-order chi connectivity index (χ0) is 13.7. The summed E-state index contributed by atoms with van der Waals surface area (Å²) in [6.45, 7) is 2.15. The fraction of sp³-hybridized carbons (Fsp3) is 0.353. The molecule has 2 aromatic carbocycles. The van der Waals surface area contributed by atoms with E-state index in [9.17, 15) is 4.79 Å². The fourth-order valence-electron chi connectivity index (χ4n) is 2.60. The number of unbranched alkanes of at least 4 members (excludes halogenated alkanes) is 2. The van der Waals surface area contributed by atoms with Crippen LogP contribution in [0.15, 0.2) is 36.4 Å². The standard InChI is InChI=1S/C17H20O2/c1-13-7-5-9-15-11-6-10-14(17(13)15)8-3-2-4-12-16(18)19/h5-7,9-11H,2-4,8,12H2,1H3,(H,18,19). The Balaban J connectivity index is 2.03. The van der Waals surface area contributed by atoms with Crippen molar-refractivity contribution in [2.75, 3.05) is 0 Å². The van der Waals surface area contributed by atoms with Gasteiger partial charge >= 0.3 is 5.97 Å². The summed E-state index contributed by atoms with van der Waals surface area (Å²) in [4.78, 5) is 10.5. The van der Waals surface area contributed by atoms with Crippen molar-refractivity contribution in [1.29, 1.82) is 0 Å². The van der Waals surface area contributed by atoms with E-state index >= 15 is 0 Å². The van der Waals surface area contributed by atoms with Crippen molar-refractivity contribution >= 4 is 16.7 Å². The summed E-state index contributed by atoms with van der Waals surface area (Å²) < 4.78 is 0. The molecule has 19 heavy (non-hydrogen) atoms. The van der Waals surface area contributed by atoms with Crippen LogP contribution in [0.25, 0.3) is 10.8 Å². The largest absolute Gasteiger partial charge is 0.481 e. The molecule has 0 amide bonds. The number of aliphatic carboxylic acids is 1. The summed E-state index contributed by atoms with van der Waals surface area (Å²) in [7, 11) is 0. The molecule has 1 N–H and O–H groups in total. The van der Waals surface area contributed by atoms with Crippen LogP contribution in [0.5, 0.6) is 0 Å². The van der Waals surface area contributed by atoms with E-state index < -0.39 is 5.97 Å². The van der Waals surface area contributed by atoms with Crippen LogP contribution >= 0.6 is 0 Å². The van der Waals surface area contributed by atoms with Gasteiger partial charge in [0.05, 0.1) is 0 Å². The Labute approximate surface area is 114 Å². The van der Waals surface area contributed by atoms with Crippen molar-refractivity contribution in [1.82, 2.24) is 0 Å². The number of hydrogen-bond acceptors (Lipinski definition) is 1. The van der Waals surface area contributed by atoms with Gasteiger partial charge in [0.1, 0.15) is 0 Å². The van der Waals surface area contributed by atoms with Crippen LogP contribution in [-0.4, -0.2) is 11.1 Å². The lowest BCUT2D eigenvalue weighted by Gasteiger charge is -2.09. The van der Waals surface area contributed by atoms with Gasteiger partial charge in [-0.1, -0.05) is 42.8 Å². The third-order valence-corrected chi connectivity index (χ3v) is 3.54. The van der Waals surface area contributed by atoms with Crippen LogP contribution < -0.4 is 0 Å². The maximum atomic E-state index is 10.5. The summed E-state index contributed by atoms with van der Waals surface area (Å²) >= 11 is 0. The number of fused-ring (bicyclic) bond motifs is 1. The monoisotopic (exact) mass is 256 g/mol. The summed E-state index contributed by atoms with van der Waals surface area (Å²) in [5.41, 5.74) is 2.70. The number of benzene rings is 2. The Hall–Kier alpha value is -1.83. The van der Waals surface area contributed by atoms with Crippen LogP contribution in [0.1, 0.15) is 36.8 Å². The normalized spacial score (nSPS) is 10.8. The first-order valence-electron chi connectivity index (χ1n) is 6.87. The molecule has 0 fully saturated rings. The van der Waals surface area contributed by atoms with E-state index in [0.29, 0.717) is 0 Å². The van der Waals surface area contributed by atoms with E-state index in [-0.39, 0.29) is 6.42 Å². The second kappa shape index (κ2) is 6.37. The minimum Gasteiger partial charge on any atom is -0.481 e. The molecule has 0 radical (unpaired) electrons. The Morgan fingerprint density at radius 2 is 1.79 bits per heavy atom. The van der Waals surface area contributed by atoms with Gasteiger partial charge in [-0.2, -0.15) is 0 Å². The molecule has 0 saturated carbocycles. The predicted octanol–water partition coefficient (Wildman–Crippen LogP) is 4.34. The summed E-state index contributed by atoms with van der Waals surface area (Å²) in [5.74, 6) is -0.694. The summed E-state index contributed by atoms with van der Waals surface area (Å²) in [6.07, 6.45) is 4.13. The number of carboxylic acid groups (broad SMARTS) is 1. The molecule has 2 rings (SSSR count). The SMILES string of the molecule is Cc1cccc2cccc(CCCCCC(=O)O)c12. The molecule has 0 spiro atoms. The molecular weight excluding hydrogens is 236 g/mol. The molecule has 2 nitrogen and oxygen atoms in total. The van der Waals surface area contributed by atoms with Crippen molar-refractivity contribution in [3.05, 3.63) is 47.5 Å². The molecule has 0 atom stereocenters. The highest BCUT2D eigenvalue weighted by Gasteiger charge is 2.03. The first kappa shape index (κ1) is 13.6. The van der Waals surface area contributed by atoms with Crippen molar-refractivity contribution in [3.8, 4) is 0 Å². The highest BCUT2D eigenvalue weighted by Crippen LogP contribution is 2.24. The Kier molecular flexibility index (Phi) is 4.56. The van der Waals surface area contributed by atoms with Crippen LogP contribution in [0.3, 0.4) is 0 Å². The van der Waals surface area contributed by atoms with Crippen molar-refractivity contribution in [2.45, 2.75) is 39.0 Å². The molecule has 0 heterocycles. The van der Waals surface area contributed by atoms with Gasteiger partial charge in [-0.05, 0) is 48.1 Å². The average Bonchev–Trinajstić information content (AvgIpc) is 2.38. The molecule has 0 aliphatic rings. The van der Waals surface area contributed by atoms with Crippen molar-refractivity contribution < 1.29 is 9.90 Å². The minimum atomic E-state index is -0.694. The zero-order valence-corrected chi connectivity index (χ0v) is 11.4. The maximum Gasteiger partial charge on any atom is 0.303 e. The third kappa shape index (κ3) is 3.57. The van der Waals surface area contributed by atoms with Gasteiger partial charge < -0.3 is 5.11 Å². The third-order valence-electron chi connectivity index (χ3n) is 3.54. The molecular formula is C17H20O2. The number of carboxylic acids is 1. The van der Waals surface area contributed by atoms with Crippen LogP contribution in [0, 0.1) is 6.92 Å². The Morgan fingerprint density at radius 3 is 2.53 bits per heavy atom. The molecule has 0 unspecified atom stereocenters. The van der Waals surface area contributed by atoms with E-state index in [1.54, 1.807) is 0 Å². The number of aryl methyl sites for hydroxylation is 2. The number of carbonyl (C=O) groups is 1. The van der Waals surface area contributed by atoms with E-state index in [4.69, 9.17) is 5.11 Å². The zero-order valence-electron chi connectivity index (χ0n) is 11.4. The summed E-state index contributed by atoms with van der Waals surface area (Å²) in [5, 5.41) is 11.3. The maximum absolute atomic E-state index is 10.5. The second-order valence-corrected chi connectivity index (χ2v) is 5.04. The predicted molar refractivity (Wildman–Crippen MR) is 78.5 cm³/mol. The van der Waals surface area contributed by atoms with E-state index in [1.165, 1.54) is 21.9 Å². The van der Waals surface area contributed by atoms with Gasteiger partial charge in [0.25, 0.3) is 0 Å². The van der Waals surface area contributed by atoms with Crippen molar-refractivity contribution in [2.24, 2.45) is 0 Å². The molecule has 0 aromatic heterocycles. The highest BCUT2D eigenvalue weighted by molar-refractivity contribution is 5.88. The van der Waals surface area contributed by atoms with Gasteiger partial charge in [-0.25, -0.2) is 0 Å². The summed E-state index contributed by atoms with van der Waals surface area (Å²) in [6, 6.07) is 12.8. The fourth-order valence-corrected chi connectivity index (χ4v) is 2.60. The van der Waals surface area contributed by atoms with E-state index in [1.807, 2.05) is 0 Å². The molecule has 100 valence electrons. The number of rotatable bonds is 6. The quantitative estimate of drug-likeness (QED) is 0.781. The average molecular weight is 256 g/mol. The molecule has 2 aromatic rings. The Morgan fingerprint density at radius 1 is 1.05 bits per heavy atom. The van der Waals surface area contributed by atoms with E-state index in [0.717, 1.165) is 25.7 Å². The molecule has 0 saturated heterocycles. The van der Waals surface area contributed by atoms with Crippen LogP contribution in [0.2, 0.25) is 0 Å². The molecule has 0 bridgehead atoms.